The number of aliphatic hydroxyl groups excluding tert-OH is 1. The van der Waals surface area contributed by atoms with E-state index in [4.69, 9.17) is 5.73 Å². The molecule has 0 bridgehead atoms. The minimum Gasteiger partial charge on any atom is -0.392 e. The molecule has 0 radical (unpaired) electrons. The van der Waals surface area contributed by atoms with Crippen LogP contribution >= 0.6 is 11.8 Å². The van der Waals surface area contributed by atoms with Crippen molar-refractivity contribution in [2.75, 3.05) is 18.1 Å². The van der Waals surface area contributed by atoms with Crippen LogP contribution in [0.4, 0.5) is 0 Å². The Labute approximate surface area is 66.2 Å². The third-order valence-electron chi connectivity index (χ3n) is 2.05. The summed E-state index contributed by atoms with van der Waals surface area (Å²) in [6.45, 7) is 0.426. The smallest absolute Gasteiger partial charge is 0.0691 e. The summed E-state index contributed by atoms with van der Waals surface area (Å²) in [4.78, 5) is 0. The van der Waals surface area contributed by atoms with Crippen molar-refractivity contribution in [3.05, 3.63) is 0 Å². The highest BCUT2D eigenvalue weighted by atomic mass is 32.2. The van der Waals surface area contributed by atoms with E-state index in [9.17, 15) is 5.11 Å². The van der Waals surface area contributed by atoms with E-state index in [1.807, 2.05) is 11.8 Å². The highest BCUT2D eigenvalue weighted by Gasteiger charge is 2.19. The van der Waals surface area contributed by atoms with E-state index in [1.54, 1.807) is 0 Å². The van der Waals surface area contributed by atoms with Crippen LogP contribution in [0.25, 0.3) is 0 Å². The molecule has 1 unspecified atom stereocenters. The first kappa shape index (κ1) is 8.37. The summed E-state index contributed by atoms with van der Waals surface area (Å²) < 4.78 is 0. The average Bonchev–Trinajstić information content (AvgIpc) is 2.05. The van der Waals surface area contributed by atoms with E-state index in [1.165, 1.54) is 11.5 Å². The summed E-state index contributed by atoms with van der Waals surface area (Å²) >= 11 is 1.97. The van der Waals surface area contributed by atoms with Crippen LogP contribution < -0.4 is 5.73 Å². The number of rotatable bonds is 2. The molecule has 0 aromatic rings. The minimum absolute atomic E-state index is 0.249. The molecule has 3 heteroatoms. The standard InChI is InChI=1S/C7H15NOS/c8-5-7(9)6-1-3-10-4-2-6/h6-7,9H,1-5,8H2. The molecular formula is C7H15NOS. The molecule has 1 heterocycles. The van der Waals surface area contributed by atoms with Gasteiger partial charge in [0.05, 0.1) is 6.10 Å². The molecule has 1 saturated heterocycles. The van der Waals surface area contributed by atoms with Crippen LogP contribution in [0, 0.1) is 5.92 Å². The Balaban J connectivity index is 2.24. The quantitative estimate of drug-likeness (QED) is 0.618. The van der Waals surface area contributed by atoms with Gasteiger partial charge >= 0.3 is 0 Å². The lowest BCUT2D eigenvalue weighted by atomic mass is 9.96. The van der Waals surface area contributed by atoms with Crippen molar-refractivity contribution in [1.82, 2.24) is 0 Å². The van der Waals surface area contributed by atoms with Gasteiger partial charge in [-0.2, -0.15) is 11.8 Å². The molecular weight excluding hydrogens is 146 g/mol. The summed E-state index contributed by atoms with van der Waals surface area (Å²) in [5, 5.41) is 9.35. The van der Waals surface area contributed by atoms with Crippen LogP contribution in [-0.4, -0.2) is 29.3 Å². The van der Waals surface area contributed by atoms with Crippen molar-refractivity contribution < 1.29 is 5.11 Å². The summed E-state index contributed by atoms with van der Waals surface area (Å²) in [6, 6.07) is 0. The zero-order valence-electron chi connectivity index (χ0n) is 6.12. The molecule has 60 valence electrons. The zero-order chi connectivity index (χ0) is 7.40. The van der Waals surface area contributed by atoms with E-state index in [2.05, 4.69) is 0 Å². The van der Waals surface area contributed by atoms with Crippen molar-refractivity contribution in [3.8, 4) is 0 Å². The highest BCUT2D eigenvalue weighted by molar-refractivity contribution is 7.99. The minimum atomic E-state index is -0.249. The summed E-state index contributed by atoms with van der Waals surface area (Å²) in [5.41, 5.74) is 5.35. The van der Waals surface area contributed by atoms with Gasteiger partial charge in [0.15, 0.2) is 0 Å². The molecule has 1 aliphatic rings. The molecule has 0 spiro atoms. The Bertz CT molecular complexity index is 93.6. The summed E-state index contributed by atoms with van der Waals surface area (Å²) in [6.07, 6.45) is 2.03. The molecule has 1 aliphatic heterocycles. The van der Waals surface area contributed by atoms with Crippen LogP contribution in [0.3, 0.4) is 0 Å². The first-order valence-corrected chi connectivity index (χ1v) is 4.96. The Morgan fingerprint density at radius 3 is 2.60 bits per heavy atom. The van der Waals surface area contributed by atoms with Crippen LogP contribution in [0.2, 0.25) is 0 Å². The Morgan fingerprint density at radius 1 is 1.50 bits per heavy atom. The lowest BCUT2D eigenvalue weighted by Crippen LogP contribution is -2.31. The molecule has 0 saturated carbocycles. The van der Waals surface area contributed by atoms with Gasteiger partial charge < -0.3 is 10.8 Å². The van der Waals surface area contributed by atoms with Gasteiger partial charge in [0, 0.05) is 6.54 Å². The van der Waals surface area contributed by atoms with Gasteiger partial charge in [0.2, 0.25) is 0 Å². The van der Waals surface area contributed by atoms with Crippen molar-refractivity contribution >= 4 is 11.8 Å². The van der Waals surface area contributed by atoms with Crippen molar-refractivity contribution in [1.29, 1.82) is 0 Å². The van der Waals surface area contributed by atoms with Gasteiger partial charge in [-0.15, -0.1) is 0 Å². The van der Waals surface area contributed by atoms with Crippen molar-refractivity contribution in [2.24, 2.45) is 11.7 Å². The van der Waals surface area contributed by atoms with Gasteiger partial charge in [-0.05, 0) is 30.3 Å². The van der Waals surface area contributed by atoms with Crippen LogP contribution in [-0.2, 0) is 0 Å². The second-order valence-corrected chi connectivity index (χ2v) is 3.98. The van der Waals surface area contributed by atoms with Crippen molar-refractivity contribution in [3.63, 3.8) is 0 Å². The number of aliphatic hydroxyl groups is 1. The van der Waals surface area contributed by atoms with E-state index in [0.29, 0.717) is 12.5 Å². The summed E-state index contributed by atoms with van der Waals surface area (Å²) in [5.74, 6) is 2.87. The van der Waals surface area contributed by atoms with E-state index >= 15 is 0 Å². The largest absolute Gasteiger partial charge is 0.392 e. The molecule has 1 fully saturated rings. The first-order valence-electron chi connectivity index (χ1n) is 3.80. The fraction of sp³-hybridized carbons (Fsp3) is 1.00. The summed E-state index contributed by atoms with van der Waals surface area (Å²) in [7, 11) is 0. The maximum atomic E-state index is 9.35. The Hall–Kier alpha value is 0.270. The average molecular weight is 161 g/mol. The molecule has 0 amide bonds. The van der Waals surface area contributed by atoms with Gasteiger partial charge in [0.1, 0.15) is 0 Å². The number of thioether (sulfide) groups is 1. The number of hydrogen-bond donors (Lipinski definition) is 2. The van der Waals surface area contributed by atoms with Crippen LogP contribution in [0.15, 0.2) is 0 Å². The maximum absolute atomic E-state index is 9.35. The SMILES string of the molecule is NCC(O)C1CCSCC1. The molecule has 10 heavy (non-hydrogen) atoms. The third-order valence-corrected chi connectivity index (χ3v) is 3.10. The maximum Gasteiger partial charge on any atom is 0.0691 e. The van der Waals surface area contributed by atoms with Gasteiger partial charge in [0.25, 0.3) is 0 Å². The Morgan fingerprint density at radius 2 is 2.10 bits per heavy atom. The zero-order valence-corrected chi connectivity index (χ0v) is 6.94. The van der Waals surface area contributed by atoms with E-state index < -0.39 is 0 Å². The third kappa shape index (κ3) is 2.15. The molecule has 0 aliphatic carbocycles. The Kier molecular flexibility index (Phi) is 3.52. The molecule has 0 aromatic carbocycles. The van der Waals surface area contributed by atoms with E-state index in [0.717, 1.165) is 12.8 Å². The second-order valence-electron chi connectivity index (χ2n) is 2.75. The molecule has 1 rings (SSSR count). The second kappa shape index (κ2) is 4.21. The van der Waals surface area contributed by atoms with Gasteiger partial charge in [-0.25, -0.2) is 0 Å². The number of nitrogens with two attached hydrogens (primary N) is 1. The lowest BCUT2D eigenvalue weighted by molar-refractivity contribution is 0.110. The first-order chi connectivity index (χ1) is 4.84. The normalized spacial score (nSPS) is 24.6. The fourth-order valence-electron chi connectivity index (χ4n) is 1.29. The van der Waals surface area contributed by atoms with E-state index in [-0.39, 0.29) is 6.10 Å². The fourth-order valence-corrected chi connectivity index (χ4v) is 2.44. The van der Waals surface area contributed by atoms with Gasteiger partial charge in [-0.1, -0.05) is 0 Å². The van der Waals surface area contributed by atoms with Crippen LogP contribution in [0.5, 0.6) is 0 Å². The highest BCUT2D eigenvalue weighted by Crippen LogP contribution is 2.24. The number of hydrogen-bond acceptors (Lipinski definition) is 3. The topological polar surface area (TPSA) is 46.2 Å². The van der Waals surface area contributed by atoms with Crippen molar-refractivity contribution in [2.45, 2.75) is 18.9 Å². The predicted octanol–water partition coefficient (Wildman–Crippen LogP) is 0.449. The van der Waals surface area contributed by atoms with Gasteiger partial charge in [-0.3, -0.25) is 0 Å². The monoisotopic (exact) mass is 161 g/mol. The lowest BCUT2D eigenvalue weighted by Gasteiger charge is -2.24. The molecule has 1 atom stereocenters. The molecule has 3 N–H and O–H groups in total. The van der Waals surface area contributed by atoms with Crippen LogP contribution in [0.1, 0.15) is 12.8 Å². The molecule has 0 aromatic heterocycles. The predicted molar refractivity (Wildman–Crippen MR) is 45.1 cm³/mol. The molecule has 2 nitrogen and oxygen atoms in total.